The zero-order valence-electron chi connectivity index (χ0n) is 10.7. The van der Waals surface area contributed by atoms with Gasteiger partial charge in [-0.25, -0.2) is 0 Å². The van der Waals surface area contributed by atoms with Crippen molar-refractivity contribution < 1.29 is 9.53 Å². The van der Waals surface area contributed by atoms with Crippen molar-refractivity contribution in [1.29, 1.82) is 0 Å². The Morgan fingerprint density at radius 2 is 1.44 bits per heavy atom. The molecular weight excluding hydrogens is 202 g/mol. The summed E-state index contributed by atoms with van der Waals surface area (Å²) >= 11 is 0. The van der Waals surface area contributed by atoms with Gasteiger partial charge >= 0.3 is 5.97 Å². The molecule has 0 aromatic carbocycles. The van der Waals surface area contributed by atoms with Crippen LogP contribution >= 0.6 is 0 Å². The molecule has 0 spiro atoms. The molecule has 0 rings (SSSR count). The minimum absolute atomic E-state index is 0.0102. The highest BCUT2D eigenvalue weighted by Gasteiger charge is 2.00. The van der Waals surface area contributed by atoms with Crippen LogP contribution in [-0.2, 0) is 9.53 Å². The molecular formula is C13H27NO2. The third kappa shape index (κ3) is 11.5. The summed E-state index contributed by atoms with van der Waals surface area (Å²) in [6, 6.07) is 0. The van der Waals surface area contributed by atoms with Gasteiger partial charge in [-0.1, -0.05) is 58.3 Å². The lowest BCUT2D eigenvalue weighted by Crippen LogP contribution is -2.11. The number of carbonyl (C=O) groups excluding carboxylic acids is 1. The Kier molecular flexibility index (Phi) is 12.1. The van der Waals surface area contributed by atoms with E-state index in [0.717, 1.165) is 12.8 Å². The highest BCUT2D eigenvalue weighted by molar-refractivity contribution is 5.69. The topological polar surface area (TPSA) is 52.3 Å². The first-order chi connectivity index (χ1) is 7.81. The Labute approximate surface area is 99.7 Å². The van der Waals surface area contributed by atoms with E-state index in [1.807, 2.05) is 0 Å². The number of nitrogens with two attached hydrogens (primary N) is 1. The quantitative estimate of drug-likeness (QED) is 0.336. The zero-order chi connectivity index (χ0) is 12.1. The second-order valence-corrected chi connectivity index (χ2v) is 4.26. The summed E-state index contributed by atoms with van der Waals surface area (Å²) in [6.07, 6.45) is 11.9. The van der Waals surface area contributed by atoms with Crippen LogP contribution in [-0.4, -0.2) is 12.7 Å². The molecule has 96 valence electrons. The van der Waals surface area contributed by atoms with E-state index >= 15 is 0 Å². The van der Waals surface area contributed by atoms with E-state index in [2.05, 4.69) is 11.7 Å². The predicted octanol–water partition coefficient (Wildman–Crippen LogP) is 3.37. The third-order valence-electron chi connectivity index (χ3n) is 2.73. The van der Waals surface area contributed by atoms with E-state index in [1.54, 1.807) is 0 Å². The normalized spacial score (nSPS) is 10.4. The second-order valence-electron chi connectivity index (χ2n) is 4.26. The summed E-state index contributed by atoms with van der Waals surface area (Å²) in [5.41, 5.74) is 5.10. The Bertz CT molecular complexity index is 160. The average molecular weight is 229 g/mol. The Balaban J connectivity index is 3.01. The zero-order valence-corrected chi connectivity index (χ0v) is 10.7. The maximum atomic E-state index is 10.9. The van der Waals surface area contributed by atoms with Gasteiger partial charge < -0.3 is 4.74 Å². The van der Waals surface area contributed by atoms with Crippen molar-refractivity contribution in [3.05, 3.63) is 0 Å². The molecule has 0 unspecified atom stereocenters. The third-order valence-corrected chi connectivity index (χ3v) is 2.73. The SMILES string of the molecule is CCCCCCCCCCCC(=O)OCN. The van der Waals surface area contributed by atoms with Crippen molar-refractivity contribution in [3.63, 3.8) is 0 Å². The fourth-order valence-corrected chi connectivity index (χ4v) is 1.75. The number of unbranched alkanes of at least 4 members (excludes halogenated alkanes) is 8. The molecule has 0 bridgehead atoms. The van der Waals surface area contributed by atoms with Crippen LogP contribution in [0, 0.1) is 0 Å². The molecule has 3 heteroatoms. The van der Waals surface area contributed by atoms with Gasteiger partial charge in [0.05, 0.1) is 0 Å². The van der Waals surface area contributed by atoms with Crippen LogP contribution in [0.25, 0.3) is 0 Å². The first-order valence-electron chi connectivity index (χ1n) is 6.67. The molecule has 0 fully saturated rings. The van der Waals surface area contributed by atoms with Crippen LogP contribution in [0.4, 0.5) is 0 Å². The smallest absolute Gasteiger partial charge is 0.307 e. The number of rotatable bonds is 11. The fraction of sp³-hybridized carbons (Fsp3) is 0.923. The maximum Gasteiger partial charge on any atom is 0.307 e. The molecule has 16 heavy (non-hydrogen) atoms. The first-order valence-corrected chi connectivity index (χ1v) is 6.67. The van der Waals surface area contributed by atoms with Crippen LogP contribution in [0.5, 0.6) is 0 Å². The molecule has 2 N–H and O–H groups in total. The van der Waals surface area contributed by atoms with Gasteiger partial charge in [-0.3, -0.25) is 10.5 Å². The van der Waals surface area contributed by atoms with E-state index < -0.39 is 0 Å². The average Bonchev–Trinajstić information content (AvgIpc) is 2.27. The van der Waals surface area contributed by atoms with Crippen LogP contribution in [0.2, 0.25) is 0 Å². The van der Waals surface area contributed by atoms with Crippen molar-refractivity contribution >= 4 is 5.97 Å². The minimum Gasteiger partial charge on any atom is -0.450 e. The van der Waals surface area contributed by atoms with Gasteiger partial charge in [0.25, 0.3) is 0 Å². The first kappa shape index (κ1) is 15.4. The number of hydrogen-bond donors (Lipinski definition) is 1. The lowest BCUT2D eigenvalue weighted by atomic mass is 10.1. The standard InChI is InChI=1S/C13H27NO2/c1-2-3-4-5-6-7-8-9-10-11-13(15)16-12-14/h2-12,14H2,1H3. The number of esters is 1. The van der Waals surface area contributed by atoms with Crippen molar-refractivity contribution in [2.45, 2.75) is 71.1 Å². The molecule has 0 aliphatic rings. The molecule has 0 saturated carbocycles. The van der Waals surface area contributed by atoms with Crippen molar-refractivity contribution in [2.24, 2.45) is 5.73 Å². The summed E-state index contributed by atoms with van der Waals surface area (Å²) < 4.78 is 4.65. The largest absolute Gasteiger partial charge is 0.450 e. The van der Waals surface area contributed by atoms with Gasteiger partial charge in [-0.05, 0) is 6.42 Å². The van der Waals surface area contributed by atoms with Crippen LogP contribution in [0.15, 0.2) is 0 Å². The summed E-state index contributed by atoms with van der Waals surface area (Å²) in [6.45, 7) is 2.25. The van der Waals surface area contributed by atoms with E-state index in [0.29, 0.717) is 6.42 Å². The van der Waals surface area contributed by atoms with Gasteiger partial charge in [0.1, 0.15) is 6.73 Å². The van der Waals surface area contributed by atoms with Crippen molar-refractivity contribution in [2.75, 3.05) is 6.73 Å². The molecule has 0 heterocycles. The van der Waals surface area contributed by atoms with E-state index in [-0.39, 0.29) is 12.7 Å². The Morgan fingerprint density at radius 3 is 1.94 bits per heavy atom. The van der Waals surface area contributed by atoms with Gasteiger partial charge in [-0.2, -0.15) is 0 Å². The predicted molar refractivity (Wildman–Crippen MR) is 67.0 cm³/mol. The fourth-order valence-electron chi connectivity index (χ4n) is 1.75. The Morgan fingerprint density at radius 1 is 0.938 bits per heavy atom. The number of carbonyl (C=O) groups is 1. The highest BCUT2D eigenvalue weighted by Crippen LogP contribution is 2.10. The van der Waals surface area contributed by atoms with Gasteiger partial charge in [0.15, 0.2) is 0 Å². The molecule has 3 nitrogen and oxygen atoms in total. The summed E-state index contributed by atoms with van der Waals surface area (Å²) in [5.74, 6) is -0.162. The minimum atomic E-state index is -0.162. The summed E-state index contributed by atoms with van der Waals surface area (Å²) in [5, 5.41) is 0. The molecule has 0 aromatic heterocycles. The van der Waals surface area contributed by atoms with Crippen molar-refractivity contribution in [1.82, 2.24) is 0 Å². The van der Waals surface area contributed by atoms with Gasteiger partial charge in [0.2, 0.25) is 0 Å². The van der Waals surface area contributed by atoms with Gasteiger partial charge in [-0.15, -0.1) is 0 Å². The summed E-state index contributed by atoms with van der Waals surface area (Å²) in [4.78, 5) is 10.9. The number of hydrogen-bond acceptors (Lipinski definition) is 3. The molecule has 0 saturated heterocycles. The monoisotopic (exact) mass is 229 g/mol. The molecule has 0 atom stereocenters. The van der Waals surface area contributed by atoms with E-state index in [1.165, 1.54) is 44.9 Å². The molecule has 0 aliphatic carbocycles. The van der Waals surface area contributed by atoms with E-state index in [4.69, 9.17) is 5.73 Å². The van der Waals surface area contributed by atoms with Gasteiger partial charge in [0, 0.05) is 6.42 Å². The van der Waals surface area contributed by atoms with Crippen molar-refractivity contribution in [3.8, 4) is 0 Å². The highest BCUT2D eigenvalue weighted by atomic mass is 16.5. The number of ether oxygens (including phenoxy) is 1. The van der Waals surface area contributed by atoms with E-state index in [9.17, 15) is 4.79 Å². The molecule has 0 aliphatic heterocycles. The van der Waals surface area contributed by atoms with Crippen LogP contribution in [0.1, 0.15) is 71.1 Å². The lowest BCUT2D eigenvalue weighted by molar-refractivity contribution is -0.143. The second kappa shape index (κ2) is 12.5. The Hall–Kier alpha value is -0.570. The summed E-state index contributed by atoms with van der Waals surface area (Å²) in [7, 11) is 0. The van der Waals surface area contributed by atoms with Crippen LogP contribution < -0.4 is 5.73 Å². The molecule has 0 amide bonds. The lowest BCUT2D eigenvalue weighted by Gasteiger charge is -2.02. The van der Waals surface area contributed by atoms with Crippen LogP contribution in [0.3, 0.4) is 0 Å². The molecule has 0 radical (unpaired) electrons. The maximum absolute atomic E-state index is 10.9. The molecule has 0 aromatic rings.